The summed E-state index contributed by atoms with van der Waals surface area (Å²) in [5, 5.41) is 17.5. The molecule has 0 fully saturated rings. The summed E-state index contributed by atoms with van der Waals surface area (Å²) in [5.41, 5.74) is 0.00547. The monoisotopic (exact) mass is 269 g/mol. The number of rotatable bonds is 6. The molecule has 106 valence electrons. The van der Waals surface area contributed by atoms with E-state index in [1.807, 2.05) is 19.0 Å². The Kier molecular flexibility index (Phi) is 4.99. The summed E-state index contributed by atoms with van der Waals surface area (Å²) in [6, 6.07) is 0. The van der Waals surface area contributed by atoms with Gasteiger partial charge in [0.25, 0.3) is 5.91 Å². The summed E-state index contributed by atoms with van der Waals surface area (Å²) >= 11 is 0. The fourth-order valence-corrected chi connectivity index (χ4v) is 1.80. The average Bonchev–Trinajstić information content (AvgIpc) is 2.59. The van der Waals surface area contributed by atoms with Crippen molar-refractivity contribution in [1.29, 1.82) is 0 Å². The van der Waals surface area contributed by atoms with Crippen LogP contribution in [0.25, 0.3) is 0 Å². The number of nitrogens with one attached hydrogen (secondary N) is 1. The lowest BCUT2D eigenvalue weighted by Crippen LogP contribution is -2.29. The normalized spacial score (nSPS) is 10.8. The van der Waals surface area contributed by atoms with Gasteiger partial charge in [-0.2, -0.15) is 5.10 Å². The Morgan fingerprint density at radius 1 is 1.53 bits per heavy atom. The molecule has 1 aromatic rings. The summed E-state index contributed by atoms with van der Waals surface area (Å²) < 4.78 is 1.24. The lowest BCUT2D eigenvalue weighted by Gasteiger charge is -2.09. The topological polar surface area (TPSA) is 93.3 Å². The number of carbonyl (C=O) groups is 1. The molecule has 0 saturated heterocycles. The molecule has 1 heterocycles. The third kappa shape index (κ3) is 3.75. The first-order valence-electron chi connectivity index (χ1n) is 5.95. The fourth-order valence-electron chi connectivity index (χ4n) is 1.80. The van der Waals surface area contributed by atoms with E-state index in [0.29, 0.717) is 6.54 Å². The lowest BCUT2D eigenvalue weighted by atomic mass is 10.3. The van der Waals surface area contributed by atoms with Crippen molar-refractivity contribution in [3.8, 4) is 0 Å². The van der Waals surface area contributed by atoms with Gasteiger partial charge in [-0.15, -0.1) is 0 Å². The number of aryl methyl sites for hydroxylation is 2. The van der Waals surface area contributed by atoms with Crippen molar-refractivity contribution in [2.75, 3.05) is 27.2 Å². The predicted octanol–water partition coefficient (Wildman–Crippen LogP) is 0.318. The minimum atomic E-state index is -0.572. The van der Waals surface area contributed by atoms with E-state index in [1.54, 1.807) is 0 Å². The molecule has 0 aliphatic rings. The molecule has 0 saturated carbocycles. The zero-order chi connectivity index (χ0) is 14.6. The van der Waals surface area contributed by atoms with E-state index < -0.39 is 10.8 Å². The molecule has 8 heteroatoms. The Labute approximate surface area is 111 Å². The fraction of sp³-hybridized carbons (Fsp3) is 0.636. The van der Waals surface area contributed by atoms with E-state index in [2.05, 4.69) is 10.4 Å². The van der Waals surface area contributed by atoms with Crippen LogP contribution < -0.4 is 5.32 Å². The molecule has 0 aliphatic heterocycles. The SMILES string of the molecule is Cc1nn(C)c(C(=O)NCCCN(C)C)c1[N+](=O)[O-]. The Balaban J connectivity index is 2.74. The smallest absolute Gasteiger partial charge is 0.322 e. The maximum atomic E-state index is 12.0. The first kappa shape index (κ1) is 15.1. The second-order valence-electron chi connectivity index (χ2n) is 4.58. The van der Waals surface area contributed by atoms with Crippen LogP contribution in [0.2, 0.25) is 0 Å². The molecule has 1 amide bonds. The number of hydrogen-bond donors (Lipinski definition) is 1. The number of nitrogens with zero attached hydrogens (tertiary/aromatic N) is 4. The van der Waals surface area contributed by atoms with Crippen LogP contribution in [0.1, 0.15) is 22.6 Å². The molecule has 0 aromatic carbocycles. The Hall–Kier alpha value is -1.96. The molecule has 0 aliphatic carbocycles. The van der Waals surface area contributed by atoms with Gasteiger partial charge in [0.1, 0.15) is 5.69 Å². The average molecular weight is 269 g/mol. The second kappa shape index (κ2) is 6.28. The number of nitro groups is 1. The van der Waals surface area contributed by atoms with Gasteiger partial charge in [0.05, 0.1) is 4.92 Å². The summed E-state index contributed by atoms with van der Waals surface area (Å²) in [6.07, 6.45) is 0.781. The van der Waals surface area contributed by atoms with Gasteiger partial charge in [0, 0.05) is 13.6 Å². The maximum Gasteiger partial charge on any atom is 0.322 e. The zero-order valence-electron chi connectivity index (χ0n) is 11.6. The minimum Gasteiger partial charge on any atom is -0.350 e. The predicted molar refractivity (Wildman–Crippen MR) is 70.1 cm³/mol. The van der Waals surface area contributed by atoms with Gasteiger partial charge >= 0.3 is 5.69 Å². The van der Waals surface area contributed by atoms with E-state index >= 15 is 0 Å². The highest BCUT2D eigenvalue weighted by Crippen LogP contribution is 2.21. The highest BCUT2D eigenvalue weighted by Gasteiger charge is 2.28. The van der Waals surface area contributed by atoms with Crippen molar-refractivity contribution in [2.45, 2.75) is 13.3 Å². The standard InChI is InChI=1S/C11H19N5O3/c1-8-9(16(18)19)10(15(4)13-8)11(17)12-6-5-7-14(2)3/h5-7H2,1-4H3,(H,12,17). The van der Waals surface area contributed by atoms with Gasteiger partial charge in [-0.3, -0.25) is 19.6 Å². The van der Waals surface area contributed by atoms with E-state index in [1.165, 1.54) is 18.7 Å². The van der Waals surface area contributed by atoms with Crippen LogP contribution in [-0.2, 0) is 7.05 Å². The van der Waals surface area contributed by atoms with Crippen molar-refractivity contribution < 1.29 is 9.72 Å². The molecule has 0 radical (unpaired) electrons. The van der Waals surface area contributed by atoms with Crippen LogP contribution in [0.4, 0.5) is 5.69 Å². The Bertz CT molecular complexity index is 481. The molecule has 0 unspecified atom stereocenters. The highest BCUT2D eigenvalue weighted by atomic mass is 16.6. The van der Waals surface area contributed by atoms with Crippen LogP contribution in [0.3, 0.4) is 0 Å². The molecule has 19 heavy (non-hydrogen) atoms. The molecule has 8 nitrogen and oxygen atoms in total. The van der Waals surface area contributed by atoms with Crippen molar-refractivity contribution >= 4 is 11.6 Å². The number of hydrogen-bond acceptors (Lipinski definition) is 5. The van der Waals surface area contributed by atoms with E-state index in [0.717, 1.165) is 13.0 Å². The maximum absolute atomic E-state index is 12.0. The molecular formula is C11H19N5O3. The lowest BCUT2D eigenvalue weighted by molar-refractivity contribution is -0.385. The first-order chi connectivity index (χ1) is 8.84. The van der Waals surface area contributed by atoms with E-state index in [9.17, 15) is 14.9 Å². The van der Waals surface area contributed by atoms with Crippen LogP contribution >= 0.6 is 0 Å². The van der Waals surface area contributed by atoms with Crippen LogP contribution in [0, 0.1) is 17.0 Å². The molecule has 0 spiro atoms. The van der Waals surface area contributed by atoms with Gasteiger partial charge in [-0.25, -0.2) is 0 Å². The Morgan fingerprint density at radius 2 is 2.16 bits per heavy atom. The van der Waals surface area contributed by atoms with Crippen LogP contribution in [0.15, 0.2) is 0 Å². The van der Waals surface area contributed by atoms with Crippen molar-refractivity contribution in [3.05, 3.63) is 21.5 Å². The highest BCUT2D eigenvalue weighted by molar-refractivity contribution is 5.96. The quantitative estimate of drug-likeness (QED) is 0.456. The molecule has 1 aromatic heterocycles. The van der Waals surface area contributed by atoms with Gasteiger partial charge < -0.3 is 10.2 Å². The Morgan fingerprint density at radius 3 is 2.68 bits per heavy atom. The minimum absolute atomic E-state index is 0.00708. The molecule has 1 N–H and O–H groups in total. The van der Waals surface area contributed by atoms with Crippen molar-refractivity contribution in [2.24, 2.45) is 7.05 Å². The van der Waals surface area contributed by atoms with Crippen LogP contribution in [-0.4, -0.2) is 52.7 Å². The third-order valence-corrected chi connectivity index (χ3v) is 2.66. The molecule has 1 rings (SSSR count). The first-order valence-corrected chi connectivity index (χ1v) is 5.95. The van der Waals surface area contributed by atoms with Gasteiger partial charge in [-0.1, -0.05) is 0 Å². The van der Waals surface area contributed by atoms with E-state index in [-0.39, 0.29) is 17.1 Å². The molecular weight excluding hydrogens is 250 g/mol. The van der Waals surface area contributed by atoms with Gasteiger partial charge in [0.2, 0.25) is 5.69 Å². The zero-order valence-corrected chi connectivity index (χ0v) is 11.6. The number of aromatic nitrogens is 2. The molecule has 0 atom stereocenters. The summed E-state index contributed by atoms with van der Waals surface area (Å²) in [7, 11) is 5.41. The van der Waals surface area contributed by atoms with Crippen molar-refractivity contribution in [3.63, 3.8) is 0 Å². The largest absolute Gasteiger partial charge is 0.350 e. The second-order valence-corrected chi connectivity index (χ2v) is 4.58. The summed E-state index contributed by atoms with van der Waals surface area (Å²) in [5.74, 6) is -0.464. The van der Waals surface area contributed by atoms with Gasteiger partial charge in [-0.05, 0) is 34.0 Å². The number of carbonyl (C=O) groups excluding carboxylic acids is 1. The third-order valence-electron chi connectivity index (χ3n) is 2.66. The van der Waals surface area contributed by atoms with Crippen LogP contribution in [0.5, 0.6) is 0 Å². The van der Waals surface area contributed by atoms with Crippen molar-refractivity contribution in [1.82, 2.24) is 20.0 Å². The summed E-state index contributed by atoms with van der Waals surface area (Å²) in [6.45, 7) is 2.83. The number of amides is 1. The van der Waals surface area contributed by atoms with Gasteiger partial charge in [0.15, 0.2) is 0 Å². The summed E-state index contributed by atoms with van der Waals surface area (Å²) in [4.78, 5) is 24.3. The molecule has 0 bridgehead atoms. The van der Waals surface area contributed by atoms with E-state index in [4.69, 9.17) is 0 Å².